The van der Waals surface area contributed by atoms with Crippen LogP contribution in [0, 0.1) is 0 Å². The Morgan fingerprint density at radius 1 is 1.50 bits per heavy atom. The zero-order valence-electron chi connectivity index (χ0n) is 7.42. The lowest BCUT2D eigenvalue weighted by Gasteiger charge is -2.39. The molecule has 12 heavy (non-hydrogen) atoms. The number of aliphatic imine (C=N–C) groups is 1. The van der Waals surface area contributed by atoms with Crippen LogP contribution in [0.15, 0.2) is 4.99 Å². The maximum absolute atomic E-state index is 5.75. The second kappa shape index (κ2) is 2.83. The van der Waals surface area contributed by atoms with Gasteiger partial charge >= 0.3 is 0 Å². The van der Waals surface area contributed by atoms with Crippen molar-refractivity contribution in [1.82, 2.24) is 4.90 Å². The summed E-state index contributed by atoms with van der Waals surface area (Å²) >= 11 is 2.04. The molecule has 0 atom stereocenters. The number of hydrogen-bond donors (Lipinski definition) is 1. The van der Waals surface area contributed by atoms with E-state index in [2.05, 4.69) is 16.9 Å². The lowest BCUT2D eigenvalue weighted by Crippen LogP contribution is -2.51. The summed E-state index contributed by atoms with van der Waals surface area (Å²) in [5, 5.41) is 0. The highest BCUT2D eigenvalue weighted by Gasteiger charge is 2.40. The molecule has 0 bridgehead atoms. The molecule has 0 radical (unpaired) electrons. The first kappa shape index (κ1) is 8.23. The lowest BCUT2D eigenvalue weighted by atomic mass is 9.92. The van der Waals surface area contributed by atoms with Gasteiger partial charge in [-0.25, -0.2) is 0 Å². The summed E-state index contributed by atoms with van der Waals surface area (Å²) in [5.74, 6) is 3.24. The number of guanidine groups is 1. The molecule has 4 heteroatoms. The normalized spacial score (nSPS) is 27.8. The first-order valence-corrected chi connectivity index (χ1v) is 5.52. The summed E-state index contributed by atoms with van der Waals surface area (Å²) < 4.78 is 0. The van der Waals surface area contributed by atoms with E-state index in [1.54, 1.807) is 0 Å². The highest BCUT2D eigenvalue weighted by Crippen LogP contribution is 2.34. The van der Waals surface area contributed by atoms with Gasteiger partial charge in [0.15, 0.2) is 5.96 Å². The zero-order valence-corrected chi connectivity index (χ0v) is 8.23. The first-order chi connectivity index (χ1) is 5.75. The van der Waals surface area contributed by atoms with E-state index in [4.69, 9.17) is 5.73 Å². The molecule has 68 valence electrons. The minimum Gasteiger partial charge on any atom is -0.370 e. The van der Waals surface area contributed by atoms with Crippen LogP contribution < -0.4 is 5.73 Å². The largest absolute Gasteiger partial charge is 0.370 e. The Hall–Kier alpha value is -0.380. The predicted octanol–water partition coefficient (Wildman–Crippen LogP) is 0.512. The van der Waals surface area contributed by atoms with Gasteiger partial charge in [0.25, 0.3) is 0 Å². The third-order valence-electron chi connectivity index (χ3n) is 3.01. The van der Waals surface area contributed by atoms with Gasteiger partial charge in [-0.1, -0.05) is 0 Å². The van der Waals surface area contributed by atoms with Gasteiger partial charge in [-0.2, -0.15) is 11.8 Å². The fourth-order valence-corrected chi connectivity index (χ4v) is 3.18. The van der Waals surface area contributed by atoms with Crippen molar-refractivity contribution in [2.45, 2.75) is 18.4 Å². The molecule has 3 nitrogen and oxygen atoms in total. The average molecular weight is 185 g/mol. The van der Waals surface area contributed by atoms with E-state index >= 15 is 0 Å². The summed E-state index contributed by atoms with van der Waals surface area (Å²) in [6.07, 6.45) is 2.47. The van der Waals surface area contributed by atoms with Crippen molar-refractivity contribution in [1.29, 1.82) is 0 Å². The van der Waals surface area contributed by atoms with Crippen LogP contribution in [0.25, 0.3) is 0 Å². The molecular weight excluding hydrogens is 170 g/mol. The number of likely N-dealkylation sites (N-methyl/N-ethyl adjacent to an activating group) is 1. The van der Waals surface area contributed by atoms with E-state index in [1.165, 1.54) is 24.3 Å². The summed E-state index contributed by atoms with van der Waals surface area (Å²) in [4.78, 5) is 6.48. The van der Waals surface area contributed by atoms with Crippen molar-refractivity contribution < 1.29 is 0 Å². The van der Waals surface area contributed by atoms with Crippen molar-refractivity contribution in [2.24, 2.45) is 10.7 Å². The molecule has 0 saturated carbocycles. The number of nitrogens with zero attached hydrogens (tertiary/aromatic N) is 2. The Balaban J connectivity index is 2.12. The first-order valence-electron chi connectivity index (χ1n) is 4.36. The van der Waals surface area contributed by atoms with Gasteiger partial charge in [-0.05, 0) is 24.3 Å². The van der Waals surface area contributed by atoms with Gasteiger partial charge in [-0.3, -0.25) is 4.99 Å². The minimum atomic E-state index is 0.287. The van der Waals surface area contributed by atoms with Gasteiger partial charge in [-0.15, -0.1) is 0 Å². The molecule has 2 heterocycles. The van der Waals surface area contributed by atoms with Gasteiger partial charge < -0.3 is 10.6 Å². The Morgan fingerprint density at radius 2 is 2.17 bits per heavy atom. The third-order valence-corrected chi connectivity index (χ3v) is 4.00. The monoisotopic (exact) mass is 185 g/mol. The van der Waals surface area contributed by atoms with E-state index in [1.807, 2.05) is 11.8 Å². The minimum absolute atomic E-state index is 0.287. The van der Waals surface area contributed by atoms with Crippen molar-refractivity contribution in [2.75, 3.05) is 25.1 Å². The molecule has 2 aliphatic rings. The predicted molar refractivity (Wildman–Crippen MR) is 53.5 cm³/mol. The molecule has 0 aromatic rings. The van der Waals surface area contributed by atoms with E-state index in [9.17, 15) is 0 Å². The SMILES string of the molecule is CN1C(N)=NCC12CCSCC2. The summed E-state index contributed by atoms with van der Waals surface area (Å²) in [5.41, 5.74) is 6.04. The Morgan fingerprint density at radius 3 is 2.67 bits per heavy atom. The molecule has 0 unspecified atom stereocenters. The third kappa shape index (κ3) is 1.09. The summed E-state index contributed by atoms with van der Waals surface area (Å²) in [6.45, 7) is 0.913. The van der Waals surface area contributed by atoms with Crippen molar-refractivity contribution in [3.05, 3.63) is 0 Å². The lowest BCUT2D eigenvalue weighted by molar-refractivity contribution is 0.218. The highest BCUT2D eigenvalue weighted by molar-refractivity contribution is 7.99. The van der Waals surface area contributed by atoms with Gasteiger partial charge in [0, 0.05) is 7.05 Å². The molecule has 0 amide bonds. The van der Waals surface area contributed by atoms with E-state index in [-0.39, 0.29) is 5.54 Å². The molecule has 0 aromatic carbocycles. The molecule has 0 aliphatic carbocycles. The summed E-state index contributed by atoms with van der Waals surface area (Å²) in [6, 6.07) is 0. The Bertz CT molecular complexity index is 208. The number of hydrogen-bond acceptors (Lipinski definition) is 4. The van der Waals surface area contributed by atoms with Crippen LogP contribution in [0.4, 0.5) is 0 Å². The van der Waals surface area contributed by atoms with Crippen LogP contribution in [-0.4, -0.2) is 41.5 Å². The Kier molecular flexibility index (Phi) is 1.94. The number of thioether (sulfide) groups is 1. The van der Waals surface area contributed by atoms with Crippen molar-refractivity contribution in [3.63, 3.8) is 0 Å². The van der Waals surface area contributed by atoms with Crippen LogP contribution in [0.2, 0.25) is 0 Å². The molecular formula is C8H15N3S. The van der Waals surface area contributed by atoms with E-state index in [0.29, 0.717) is 0 Å². The Labute approximate surface area is 77.4 Å². The van der Waals surface area contributed by atoms with E-state index < -0.39 is 0 Å². The maximum Gasteiger partial charge on any atom is 0.191 e. The second-order valence-electron chi connectivity index (χ2n) is 3.57. The van der Waals surface area contributed by atoms with Crippen LogP contribution in [0.5, 0.6) is 0 Å². The molecule has 0 aromatic heterocycles. The molecule has 2 N–H and O–H groups in total. The standard InChI is InChI=1S/C8H15N3S/c1-11-7(9)10-6-8(11)2-4-12-5-3-8/h2-6H2,1H3,(H2,9,10). The smallest absolute Gasteiger partial charge is 0.191 e. The van der Waals surface area contributed by atoms with Crippen molar-refractivity contribution in [3.8, 4) is 0 Å². The molecule has 2 aliphatic heterocycles. The van der Waals surface area contributed by atoms with Crippen LogP contribution in [-0.2, 0) is 0 Å². The molecule has 1 fully saturated rings. The summed E-state index contributed by atoms with van der Waals surface area (Å²) in [7, 11) is 2.07. The zero-order chi connectivity index (χ0) is 8.60. The number of nitrogens with two attached hydrogens (primary N) is 1. The van der Waals surface area contributed by atoms with Gasteiger partial charge in [0.05, 0.1) is 12.1 Å². The molecule has 1 spiro atoms. The maximum atomic E-state index is 5.75. The quantitative estimate of drug-likeness (QED) is 0.598. The van der Waals surface area contributed by atoms with Crippen LogP contribution in [0.3, 0.4) is 0 Å². The molecule has 2 rings (SSSR count). The number of rotatable bonds is 0. The van der Waals surface area contributed by atoms with Gasteiger partial charge in [0.1, 0.15) is 0 Å². The van der Waals surface area contributed by atoms with E-state index in [0.717, 1.165) is 12.5 Å². The fourth-order valence-electron chi connectivity index (χ4n) is 1.93. The topological polar surface area (TPSA) is 41.6 Å². The fraction of sp³-hybridized carbons (Fsp3) is 0.875. The second-order valence-corrected chi connectivity index (χ2v) is 4.79. The molecule has 1 saturated heterocycles. The van der Waals surface area contributed by atoms with Crippen LogP contribution >= 0.6 is 11.8 Å². The average Bonchev–Trinajstić information content (AvgIpc) is 2.37. The highest BCUT2D eigenvalue weighted by atomic mass is 32.2. The van der Waals surface area contributed by atoms with Crippen molar-refractivity contribution >= 4 is 17.7 Å². The van der Waals surface area contributed by atoms with Crippen LogP contribution in [0.1, 0.15) is 12.8 Å². The van der Waals surface area contributed by atoms with Gasteiger partial charge in [0.2, 0.25) is 0 Å².